The van der Waals surface area contributed by atoms with Crippen LogP contribution in [-0.2, 0) is 0 Å². The normalized spacial score (nSPS) is 17.3. The fourth-order valence-electron chi connectivity index (χ4n) is 2.45. The zero-order valence-corrected chi connectivity index (χ0v) is 11.9. The van der Waals surface area contributed by atoms with Gasteiger partial charge in [0, 0.05) is 15.3 Å². The average Bonchev–Trinajstić information content (AvgIpc) is 3.14. The Morgan fingerprint density at radius 3 is 3.00 bits per heavy atom. The van der Waals surface area contributed by atoms with Crippen LogP contribution in [0.1, 0.15) is 24.6 Å². The van der Waals surface area contributed by atoms with Crippen molar-refractivity contribution in [1.29, 1.82) is 0 Å². The topological polar surface area (TPSA) is 51.0 Å². The van der Waals surface area contributed by atoms with E-state index >= 15 is 0 Å². The van der Waals surface area contributed by atoms with E-state index in [1.54, 1.807) is 22.7 Å². The average molecular weight is 291 g/mol. The number of fused-ring (bicyclic) bond motifs is 1. The first-order chi connectivity index (χ1) is 9.40. The van der Waals surface area contributed by atoms with Crippen LogP contribution in [-0.4, -0.2) is 23.2 Å². The van der Waals surface area contributed by atoms with Crippen LogP contribution in [0.3, 0.4) is 0 Å². The van der Waals surface area contributed by atoms with Crippen LogP contribution in [0.15, 0.2) is 22.0 Å². The molecule has 6 heteroatoms. The number of piperidine rings is 1. The minimum absolute atomic E-state index is 0.444. The number of nitrogens with one attached hydrogen (secondary N) is 1. The molecule has 1 saturated heterocycles. The van der Waals surface area contributed by atoms with Gasteiger partial charge >= 0.3 is 0 Å². The third-order valence-electron chi connectivity index (χ3n) is 3.50. The summed E-state index contributed by atoms with van der Waals surface area (Å²) in [4.78, 5) is 5.67. The number of hydrogen-bond donors (Lipinski definition) is 1. The van der Waals surface area contributed by atoms with Crippen molar-refractivity contribution in [3.8, 4) is 10.8 Å². The molecule has 0 aliphatic carbocycles. The molecule has 1 N–H and O–H groups in total. The van der Waals surface area contributed by atoms with Crippen molar-refractivity contribution < 1.29 is 4.52 Å². The van der Waals surface area contributed by atoms with E-state index in [0.29, 0.717) is 11.8 Å². The molecule has 0 spiro atoms. The number of aromatic nitrogens is 2. The van der Waals surface area contributed by atoms with Crippen LogP contribution >= 0.6 is 22.7 Å². The van der Waals surface area contributed by atoms with Crippen molar-refractivity contribution in [2.45, 2.75) is 18.8 Å². The molecule has 0 aromatic carbocycles. The lowest BCUT2D eigenvalue weighted by Crippen LogP contribution is -2.27. The van der Waals surface area contributed by atoms with Gasteiger partial charge in [-0.25, -0.2) is 0 Å². The molecule has 3 aromatic rings. The second-order valence-electron chi connectivity index (χ2n) is 4.74. The first kappa shape index (κ1) is 11.6. The molecule has 0 saturated carbocycles. The first-order valence-electron chi connectivity index (χ1n) is 6.42. The maximum atomic E-state index is 5.44. The van der Waals surface area contributed by atoms with Crippen molar-refractivity contribution >= 4 is 32.1 Å². The maximum absolute atomic E-state index is 5.44. The van der Waals surface area contributed by atoms with Crippen molar-refractivity contribution in [2.24, 2.45) is 0 Å². The van der Waals surface area contributed by atoms with Gasteiger partial charge in [0.2, 0.25) is 0 Å². The van der Waals surface area contributed by atoms with Crippen molar-refractivity contribution in [1.82, 2.24) is 15.5 Å². The maximum Gasteiger partial charge on any atom is 0.268 e. The van der Waals surface area contributed by atoms with Gasteiger partial charge in [-0.3, -0.25) is 0 Å². The van der Waals surface area contributed by atoms with Gasteiger partial charge in [0.05, 0.1) is 4.88 Å². The highest BCUT2D eigenvalue weighted by Crippen LogP contribution is 2.36. The molecule has 0 unspecified atom stereocenters. The summed E-state index contributed by atoms with van der Waals surface area (Å²) in [5, 5.41) is 9.63. The number of thiophene rings is 2. The second kappa shape index (κ2) is 4.70. The fraction of sp³-hybridized carbons (Fsp3) is 0.385. The van der Waals surface area contributed by atoms with Crippen LogP contribution < -0.4 is 5.32 Å². The molecule has 1 fully saturated rings. The molecule has 3 aromatic heterocycles. The molecule has 1 aliphatic heterocycles. The highest BCUT2D eigenvalue weighted by atomic mass is 32.1. The summed E-state index contributed by atoms with van der Waals surface area (Å²) in [5.74, 6) is 1.98. The summed E-state index contributed by atoms with van der Waals surface area (Å²) >= 11 is 3.47. The highest BCUT2D eigenvalue weighted by molar-refractivity contribution is 7.28. The summed E-state index contributed by atoms with van der Waals surface area (Å²) in [7, 11) is 0. The van der Waals surface area contributed by atoms with Crippen LogP contribution in [0, 0.1) is 0 Å². The lowest BCUT2D eigenvalue weighted by atomic mass is 9.98. The third kappa shape index (κ3) is 2.09. The monoisotopic (exact) mass is 291 g/mol. The Balaban J connectivity index is 1.64. The van der Waals surface area contributed by atoms with Crippen molar-refractivity contribution in [3.63, 3.8) is 0 Å². The Morgan fingerprint density at radius 2 is 2.16 bits per heavy atom. The standard InChI is InChI=1S/C13H13N3OS2/c1-4-14-5-2-8(1)12-15-13(17-16-12)11-7-10-9(19-11)3-6-18-10/h3,6-8,14H,1-2,4-5H2. The molecule has 19 heavy (non-hydrogen) atoms. The Morgan fingerprint density at radius 1 is 1.26 bits per heavy atom. The Bertz CT molecular complexity index is 665. The highest BCUT2D eigenvalue weighted by Gasteiger charge is 2.21. The summed E-state index contributed by atoms with van der Waals surface area (Å²) in [6, 6.07) is 4.28. The summed E-state index contributed by atoms with van der Waals surface area (Å²) in [6.45, 7) is 2.09. The lowest BCUT2D eigenvalue weighted by molar-refractivity contribution is 0.392. The quantitative estimate of drug-likeness (QED) is 0.785. The van der Waals surface area contributed by atoms with Crippen LogP contribution in [0.4, 0.5) is 0 Å². The Kier molecular flexibility index (Phi) is 2.86. The minimum Gasteiger partial charge on any atom is -0.333 e. The van der Waals surface area contributed by atoms with E-state index in [2.05, 4.69) is 33.0 Å². The Labute approximate surface area is 118 Å². The van der Waals surface area contributed by atoms with Crippen molar-refractivity contribution in [2.75, 3.05) is 13.1 Å². The predicted octanol–water partition coefficient (Wildman–Crippen LogP) is 3.48. The smallest absolute Gasteiger partial charge is 0.268 e. The molecule has 4 nitrogen and oxygen atoms in total. The van der Waals surface area contributed by atoms with Crippen LogP contribution in [0.5, 0.6) is 0 Å². The van der Waals surface area contributed by atoms with E-state index in [4.69, 9.17) is 4.52 Å². The molecule has 98 valence electrons. The van der Waals surface area contributed by atoms with Gasteiger partial charge in [-0.1, -0.05) is 5.16 Å². The van der Waals surface area contributed by atoms with E-state index in [1.165, 1.54) is 9.40 Å². The van der Waals surface area contributed by atoms with Gasteiger partial charge in [-0.2, -0.15) is 4.98 Å². The number of nitrogens with zero attached hydrogens (tertiary/aromatic N) is 2. The second-order valence-corrected chi connectivity index (χ2v) is 6.77. The van der Waals surface area contributed by atoms with Gasteiger partial charge < -0.3 is 9.84 Å². The molecule has 0 atom stereocenters. The molecule has 4 heterocycles. The fourth-order valence-corrected chi connectivity index (χ4v) is 4.48. The SMILES string of the molecule is c1cc2sc(-c3nc(C4CCNCC4)no3)cc2s1. The molecule has 0 bridgehead atoms. The van der Waals surface area contributed by atoms with Crippen molar-refractivity contribution in [3.05, 3.63) is 23.3 Å². The molecule has 4 rings (SSSR count). The van der Waals surface area contributed by atoms with E-state index < -0.39 is 0 Å². The molecular weight excluding hydrogens is 278 g/mol. The van der Waals surface area contributed by atoms with E-state index in [9.17, 15) is 0 Å². The largest absolute Gasteiger partial charge is 0.333 e. The number of hydrogen-bond acceptors (Lipinski definition) is 6. The first-order valence-corrected chi connectivity index (χ1v) is 8.11. The van der Waals surface area contributed by atoms with Gasteiger partial charge in [0.25, 0.3) is 5.89 Å². The van der Waals surface area contributed by atoms with E-state index in [0.717, 1.165) is 36.6 Å². The summed E-state index contributed by atoms with van der Waals surface area (Å²) in [5.41, 5.74) is 0. The van der Waals surface area contributed by atoms with E-state index in [-0.39, 0.29) is 0 Å². The van der Waals surface area contributed by atoms with E-state index in [1.807, 2.05) is 0 Å². The predicted molar refractivity (Wildman–Crippen MR) is 77.8 cm³/mol. The zero-order valence-electron chi connectivity index (χ0n) is 10.3. The van der Waals surface area contributed by atoms with Crippen LogP contribution in [0.2, 0.25) is 0 Å². The molecular formula is C13H13N3OS2. The Hall–Kier alpha value is -1.24. The summed E-state index contributed by atoms with van der Waals surface area (Å²) < 4.78 is 8.02. The number of rotatable bonds is 2. The van der Waals surface area contributed by atoms with Gasteiger partial charge in [-0.15, -0.1) is 22.7 Å². The zero-order chi connectivity index (χ0) is 12.7. The minimum atomic E-state index is 0.444. The molecule has 0 amide bonds. The summed E-state index contributed by atoms with van der Waals surface area (Å²) in [6.07, 6.45) is 2.19. The molecule has 0 radical (unpaired) electrons. The van der Waals surface area contributed by atoms with Crippen LogP contribution in [0.25, 0.3) is 20.2 Å². The third-order valence-corrected chi connectivity index (χ3v) is 5.58. The van der Waals surface area contributed by atoms with Gasteiger partial charge in [-0.05, 0) is 43.4 Å². The van der Waals surface area contributed by atoms with Gasteiger partial charge in [0.1, 0.15) is 0 Å². The molecule has 1 aliphatic rings. The lowest BCUT2D eigenvalue weighted by Gasteiger charge is -2.18. The van der Waals surface area contributed by atoms with Gasteiger partial charge in [0.15, 0.2) is 5.82 Å².